The number of thioether (sulfide) groups is 1. The minimum atomic E-state index is -0.361. The first-order valence-corrected chi connectivity index (χ1v) is 5.62. The van der Waals surface area contributed by atoms with E-state index >= 15 is 0 Å². The van der Waals surface area contributed by atoms with Crippen LogP contribution in [0, 0.1) is 0 Å². The molecule has 0 aromatic heterocycles. The lowest BCUT2D eigenvalue weighted by Gasteiger charge is -2.39. The van der Waals surface area contributed by atoms with Gasteiger partial charge in [-0.2, -0.15) is 11.8 Å². The second kappa shape index (κ2) is 4.33. The smallest absolute Gasteiger partial charge is 0.326 e. The van der Waals surface area contributed by atoms with Crippen molar-refractivity contribution in [1.82, 2.24) is 4.90 Å². The van der Waals surface area contributed by atoms with E-state index in [1.54, 1.807) is 0 Å². The normalized spacial score (nSPS) is 21.5. The molecule has 0 bridgehead atoms. The van der Waals surface area contributed by atoms with Crippen molar-refractivity contribution < 1.29 is 9.53 Å². The summed E-state index contributed by atoms with van der Waals surface area (Å²) >= 11 is 1.91. The van der Waals surface area contributed by atoms with Crippen molar-refractivity contribution in [2.75, 3.05) is 32.7 Å². The van der Waals surface area contributed by atoms with Crippen LogP contribution in [0.25, 0.3) is 0 Å². The number of nitrogens with zero attached hydrogens (tertiary/aromatic N) is 1. The lowest BCUT2D eigenvalue weighted by Crippen LogP contribution is -2.54. The largest absolute Gasteiger partial charge is 0.468 e. The molecular weight excluding hydrogens is 186 g/mol. The predicted octanol–water partition coefficient (Wildman–Crippen LogP) is 0.987. The number of carbonyl (C=O) groups excluding carboxylic acids is 1. The molecule has 0 spiro atoms. The summed E-state index contributed by atoms with van der Waals surface area (Å²) < 4.78 is 4.86. The Balaban J connectivity index is 2.79. The van der Waals surface area contributed by atoms with Crippen LogP contribution in [0.1, 0.15) is 12.8 Å². The van der Waals surface area contributed by atoms with Crippen molar-refractivity contribution in [3.05, 3.63) is 0 Å². The highest BCUT2D eigenvalue weighted by molar-refractivity contribution is 7.99. The highest BCUT2D eigenvalue weighted by Gasteiger charge is 2.42. The summed E-state index contributed by atoms with van der Waals surface area (Å²) in [5.74, 6) is 2.01. The Morgan fingerprint density at radius 3 is 2.31 bits per heavy atom. The molecule has 1 aliphatic rings. The lowest BCUT2D eigenvalue weighted by atomic mass is 9.91. The van der Waals surface area contributed by atoms with Crippen LogP contribution in [0.3, 0.4) is 0 Å². The van der Waals surface area contributed by atoms with E-state index in [9.17, 15) is 4.79 Å². The van der Waals surface area contributed by atoms with Gasteiger partial charge in [0.05, 0.1) is 7.11 Å². The molecule has 0 aromatic carbocycles. The summed E-state index contributed by atoms with van der Waals surface area (Å²) in [6.45, 7) is 0. The van der Waals surface area contributed by atoms with Crippen molar-refractivity contribution in [2.24, 2.45) is 0 Å². The monoisotopic (exact) mass is 203 g/mol. The van der Waals surface area contributed by atoms with Gasteiger partial charge >= 0.3 is 5.97 Å². The van der Waals surface area contributed by atoms with Gasteiger partial charge in [-0.05, 0) is 38.4 Å². The topological polar surface area (TPSA) is 29.5 Å². The van der Waals surface area contributed by atoms with Crippen LogP contribution in [0.4, 0.5) is 0 Å². The first kappa shape index (κ1) is 10.9. The summed E-state index contributed by atoms with van der Waals surface area (Å²) in [5.41, 5.74) is -0.361. The van der Waals surface area contributed by atoms with Gasteiger partial charge in [-0.25, -0.2) is 0 Å². The molecule has 0 N–H and O–H groups in total. The number of esters is 1. The third-order valence-corrected chi connectivity index (χ3v) is 3.73. The van der Waals surface area contributed by atoms with Gasteiger partial charge < -0.3 is 4.74 Å². The van der Waals surface area contributed by atoms with Crippen LogP contribution in [0.15, 0.2) is 0 Å². The molecule has 13 heavy (non-hydrogen) atoms. The van der Waals surface area contributed by atoms with Gasteiger partial charge in [0.1, 0.15) is 5.54 Å². The highest BCUT2D eigenvalue weighted by Crippen LogP contribution is 2.31. The van der Waals surface area contributed by atoms with Crippen LogP contribution in [0.2, 0.25) is 0 Å². The van der Waals surface area contributed by atoms with Gasteiger partial charge in [0, 0.05) is 0 Å². The maximum atomic E-state index is 11.7. The number of rotatable bonds is 2. The Morgan fingerprint density at radius 2 is 1.92 bits per heavy atom. The highest BCUT2D eigenvalue weighted by atomic mass is 32.2. The van der Waals surface area contributed by atoms with Crippen LogP contribution in [-0.4, -0.2) is 49.1 Å². The molecule has 0 aliphatic carbocycles. The number of methoxy groups -OCH3 is 1. The van der Waals surface area contributed by atoms with E-state index in [1.807, 2.05) is 30.8 Å². The quantitative estimate of drug-likeness (QED) is 0.626. The molecule has 4 heteroatoms. The third-order valence-electron chi connectivity index (χ3n) is 2.74. The van der Waals surface area contributed by atoms with Gasteiger partial charge in [0.15, 0.2) is 0 Å². The Labute approximate surface area is 83.8 Å². The zero-order valence-corrected chi connectivity index (χ0v) is 9.32. The fourth-order valence-electron chi connectivity index (χ4n) is 1.73. The average Bonchev–Trinajstić information content (AvgIpc) is 2.17. The van der Waals surface area contributed by atoms with Crippen molar-refractivity contribution in [3.8, 4) is 0 Å². The van der Waals surface area contributed by atoms with E-state index in [0.29, 0.717) is 0 Å². The maximum absolute atomic E-state index is 11.7. The average molecular weight is 203 g/mol. The SMILES string of the molecule is COC(=O)C1(N(C)C)CCSCC1. The molecule has 1 saturated heterocycles. The van der Waals surface area contributed by atoms with Crippen LogP contribution >= 0.6 is 11.8 Å². The van der Waals surface area contributed by atoms with E-state index in [0.717, 1.165) is 24.3 Å². The fourth-order valence-corrected chi connectivity index (χ4v) is 2.90. The molecule has 0 atom stereocenters. The molecule has 0 amide bonds. The fraction of sp³-hybridized carbons (Fsp3) is 0.889. The van der Waals surface area contributed by atoms with Crippen LogP contribution in [-0.2, 0) is 9.53 Å². The number of ether oxygens (including phenoxy) is 1. The molecule has 3 nitrogen and oxygen atoms in total. The van der Waals surface area contributed by atoms with E-state index in [4.69, 9.17) is 4.74 Å². The van der Waals surface area contributed by atoms with E-state index in [1.165, 1.54) is 7.11 Å². The summed E-state index contributed by atoms with van der Waals surface area (Å²) in [7, 11) is 5.37. The molecule has 76 valence electrons. The zero-order valence-electron chi connectivity index (χ0n) is 8.50. The van der Waals surface area contributed by atoms with E-state index in [2.05, 4.69) is 0 Å². The molecule has 0 unspecified atom stereocenters. The van der Waals surface area contributed by atoms with Gasteiger partial charge in [-0.3, -0.25) is 9.69 Å². The number of hydrogen-bond donors (Lipinski definition) is 0. The van der Waals surface area contributed by atoms with E-state index in [-0.39, 0.29) is 11.5 Å². The molecule has 0 aromatic rings. The minimum absolute atomic E-state index is 0.0854. The maximum Gasteiger partial charge on any atom is 0.326 e. The van der Waals surface area contributed by atoms with Crippen molar-refractivity contribution in [2.45, 2.75) is 18.4 Å². The standard InChI is InChI=1S/C9H17NO2S/c1-10(2)9(8(11)12-3)4-6-13-7-5-9/h4-7H2,1-3H3. The molecule has 0 saturated carbocycles. The summed E-state index contributed by atoms with van der Waals surface area (Å²) in [4.78, 5) is 13.7. The number of hydrogen-bond acceptors (Lipinski definition) is 4. The molecule has 1 heterocycles. The first-order valence-electron chi connectivity index (χ1n) is 4.47. The Kier molecular flexibility index (Phi) is 3.62. The molecular formula is C9H17NO2S. The Hall–Kier alpha value is -0.220. The van der Waals surface area contributed by atoms with Crippen molar-refractivity contribution in [1.29, 1.82) is 0 Å². The molecule has 1 fully saturated rings. The summed E-state index contributed by atoms with van der Waals surface area (Å²) in [6.07, 6.45) is 1.80. The molecule has 1 aliphatic heterocycles. The zero-order chi connectivity index (χ0) is 9.90. The predicted molar refractivity (Wildman–Crippen MR) is 55.0 cm³/mol. The van der Waals surface area contributed by atoms with Crippen LogP contribution < -0.4 is 0 Å². The van der Waals surface area contributed by atoms with Crippen molar-refractivity contribution >= 4 is 17.7 Å². The Morgan fingerprint density at radius 1 is 1.38 bits per heavy atom. The van der Waals surface area contributed by atoms with Gasteiger partial charge in [0.2, 0.25) is 0 Å². The second-order valence-electron chi connectivity index (χ2n) is 3.53. The molecule has 1 rings (SSSR count). The van der Waals surface area contributed by atoms with E-state index < -0.39 is 0 Å². The number of carbonyl (C=O) groups is 1. The van der Waals surface area contributed by atoms with Gasteiger partial charge in [0.25, 0.3) is 0 Å². The second-order valence-corrected chi connectivity index (χ2v) is 4.75. The third kappa shape index (κ3) is 1.99. The van der Waals surface area contributed by atoms with Gasteiger partial charge in [-0.1, -0.05) is 0 Å². The Bertz CT molecular complexity index is 188. The molecule has 0 radical (unpaired) electrons. The summed E-state index contributed by atoms with van der Waals surface area (Å²) in [5, 5.41) is 0. The summed E-state index contributed by atoms with van der Waals surface area (Å²) in [6, 6.07) is 0. The van der Waals surface area contributed by atoms with Crippen molar-refractivity contribution in [3.63, 3.8) is 0 Å². The van der Waals surface area contributed by atoms with Gasteiger partial charge in [-0.15, -0.1) is 0 Å². The lowest BCUT2D eigenvalue weighted by molar-refractivity contribution is -0.154. The minimum Gasteiger partial charge on any atom is -0.468 e. The number of likely N-dealkylation sites (N-methyl/N-ethyl adjacent to an activating group) is 1. The van der Waals surface area contributed by atoms with Crippen LogP contribution in [0.5, 0.6) is 0 Å². The first-order chi connectivity index (χ1) is 6.13.